The minimum absolute atomic E-state index is 0.189. The van der Waals surface area contributed by atoms with E-state index in [0.29, 0.717) is 42.4 Å². The minimum atomic E-state index is -0.453. The maximum atomic E-state index is 13.5. The standard InChI is InChI=1S/C38H38N6O4S2/c1-47-36(46)34-33(12-6-24-48-28-15-13-26(14-16-28)7-5-20-43-22-18-39-19-23-43)50-38(41-34)44-21-17-27-8-4-9-29(30(27)25-44)35(45)42-37-40-31-10-2-3-11-32(31)49-37/h2-4,8-11,13-16,39H,6,12,17-25H2,1H3,(H,40,42,45). The van der Waals surface area contributed by atoms with Crippen molar-refractivity contribution in [3.8, 4) is 17.6 Å². The third kappa shape index (κ3) is 7.98. The van der Waals surface area contributed by atoms with E-state index >= 15 is 0 Å². The lowest BCUT2D eigenvalue weighted by molar-refractivity contribution is 0.0593. The van der Waals surface area contributed by atoms with Crippen LogP contribution >= 0.6 is 22.7 Å². The van der Waals surface area contributed by atoms with Gasteiger partial charge < -0.3 is 19.7 Å². The molecule has 12 heteroatoms. The molecule has 0 unspecified atom stereocenters. The van der Waals surface area contributed by atoms with Gasteiger partial charge in [-0.2, -0.15) is 0 Å². The molecule has 0 aliphatic carbocycles. The molecule has 0 spiro atoms. The number of amides is 1. The van der Waals surface area contributed by atoms with Crippen LogP contribution in [0.15, 0.2) is 66.7 Å². The molecule has 2 aromatic heterocycles. The van der Waals surface area contributed by atoms with Gasteiger partial charge in [-0.25, -0.2) is 14.8 Å². The van der Waals surface area contributed by atoms with Crippen molar-refractivity contribution in [2.75, 3.05) is 63.2 Å². The number of aryl methyl sites for hydroxylation is 1. The van der Waals surface area contributed by atoms with Crippen molar-refractivity contribution in [1.29, 1.82) is 0 Å². The Hall–Kier alpha value is -4.80. The number of fused-ring (bicyclic) bond motifs is 2. The van der Waals surface area contributed by atoms with Crippen LogP contribution in [0.25, 0.3) is 10.2 Å². The summed E-state index contributed by atoms with van der Waals surface area (Å²) in [6.07, 6.45) is 2.09. The first-order valence-electron chi connectivity index (χ1n) is 16.8. The highest BCUT2D eigenvalue weighted by molar-refractivity contribution is 7.22. The van der Waals surface area contributed by atoms with E-state index in [1.165, 1.54) is 29.8 Å². The molecular formula is C38H38N6O4S2. The third-order valence-corrected chi connectivity index (χ3v) is 10.9. The highest BCUT2D eigenvalue weighted by Gasteiger charge is 2.27. The quantitative estimate of drug-likeness (QED) is 0.109. The lowest BCUT2D eigenvalue weighted by atomic mass is 9.94. The monoisotopic (exact) mass is 706 g/mol. The zero-order chi connectivity index (χ0) is 34.3. The number of ether oxygens (including phenoxy) is 2. The molecule has 0 saturated carbocycles. The molecule has 10 nitrogen and oxygen atoms in total. The van der Waals surface area contributed by atoms with Crippen LogP contribution in [-0.4, -0.2) is 79.7 Å². The summed E-state index contributed by atoms with van der Waals surface area (Å²) in [6, 6.07) is 21.5. The number of piperazine rings is 1. The summed E-state index contributed by atoms with van der Waals surface area (Å²) in [6.45, 7) is 6.61. The Morgan fingerprint density at radius 3 is 2.64 bits per heavy atom. The molecule has 2 aliphatic heterocycles. The molecule has 50 heavy (non-hydrogen) atoms. The molecule has 7 rings (SSSR count). The fourth-order valence-corrected chi connectivity index (χ4v) is 8.10. The second-order valence-corrected chi connectivity index (χ2v) is 14.2. The Balaban J connectivity index is 0.971. The lowest BCUT2D eigenvalue weighted by Crippen LogP contribution is -2.43. The van der Waals surface area contributed by atoms with Gasteiger partial charge in [-0.15, -0.1) is 11.3 Å². The summed E-state index contributed by atoms with van der Waals surface area (Å²) < 4.78 is 12.1. The fraction of sp³-hybridized carbons (Fsp3) is 0.316. The van der Waals surface area contributed by atoms with Crippen LogP contribution < -0.4 is 20.3 Å². The molecule has 2 aliphatic rings. The number of rotatable bonds is 10. The van der Waals surface area contributed by atoms with Crippen molar-refractivity contribution in [2.45, 2.75) is 25.8 Å². The maximum absolute atomic E-state index is 13.5. The van der Waals surface area contributed by atoms with Crippen molar-refractivity contribution >= 4 is 55.0 Å². The van der Waals surface area contributed by atoms with E-state index in [1.807, 2.05) is 60.7 Å². The average Bonchev–Trinajstić information content (AvgIpc) is 3.77. The van der Waals surface area contributed by atoms with Gasteiger partial charge in [0.2, 0.25) is 0 Å². The van der Waals surface area contributed by atoms with Gasteiger partial charge in [-0.05, 0) is 72.9 Å². The SMILES string of the molecule is COC(=O)c1nc(N2CCc3cccc(C(=O)Nc4nc5ccccc5s4)c3C2)sc1CCCOc1ccc(C#CCN2CCNCC2)cc1. The topological polar surface area (TPSA) is 109 Å². The van der Waals surface area contributed by atoms with E-state index in [9.17, 15) is 9.59 Å². The van der Waals surface area contributed by atoms with Crippen LogP contribution in [-0.2, 0) is 24.1 Å². The molecule has 256 valence electrons. The summed E-state index contributed by atoms with van der Waals surface area (Å²) in [5.41, 5.74) is 4.87. The number of benzene rings is 3. The van der Waals surface area contributed by atoms with Crippen LogP contribution in [0, 0.1) is 11.8 Å². The molecule has 4 heterocycles. The molecule has 3 aromatic carbocycles. The summed E-state index contributed by atoms with van der Waals surface area (Å²) in [5, 5.41) is 7.67. The lowest BCUT2D eigenvalue weighted by Gasteiger charge is -2.29. The number of carbonyl (C=O) groups excluding carboxylic acids is 2. The maximum Gasteiger partial charge on any atom is 0.357 e. The first-order valence-corrected chi connectivity index (χ1v) is 18.4. The van der Waals surface area contributed by atoms with E-state index in [2.05, 4.69) is 43.3 Å². The number of esters is 1. The Morgan fingerprint density at radius 1 is 0.980 bits per heavy atom. The molecule has 0 atom stereocenters. The van der Waals surface area contributed by atoms with Crippen LogP contribution in [0.3, 0.4) is 0 Å². The first kappa shape index (κ1) is 33.7. The van der Waals surface area contributed by atoms with Gasteiger partial charge >= 0.3 is 5.97 Å². The van der Waals surface area contributed by atoms with Gasteiger partial charge in [0, 0.05) is 55.3 Å². The van der Waals surface area contributed by atoms with E-state index in [-0.39, 0.29) is 5.91 Å². The van der Waals surface area contributed by atoms with E-state index in [0.717, 1.165) is 88.4 Å². The molecule has 5 aromatic rings. The van der Waals surface area contributed by atoms with Gasteiger partial charge in [-0.1, -0.05) is 47.4 Å². The number of anilines is 2. The highest BCUT2D eigenvalue weighted by atomic mass is 32.1. The number of methoxy groups -OCH3 is 1. The second-order valence-electron chi connectivity index (χ2n) is 12.1. The summed E-state index contributed by atoms with van der Waals surface area (Å²) in [5.74, 6) is 6.66. The van der Waals surface area contributed by atoms with Crippen LogP contribution in [0.1, 0.15) is 48.8 Å². The molecule has 0 bridgehead atoms. The van der Waals surface area contributed by atoms with Gasteiger partial charge in [0.05, 0.1) is 30.5 Å². The van der Waals surface area contributed by atoms with Crippen molar-refractivity contribution in [1.82, 2.24) is 20.2 Å². The average molecular weight is 707 g/mol. The van der Waals surface area contributed by atoms with Gasteiger partial charge in [0.1, 0.15) is 5.75 Å². The van der Waals surface area contributed by atoms with Gasteiger partial charge in [0.25, 0.3) is 5.91 Å². The largest absolute Gasteiger partial charge is 0.494 e. The van der Waals surface area contributed by atoms with E-state index in [1.54, 1.807) is 0 Å². The molecule has 1 fully saturated rings. The van der Waals surface area contributed by atoms with E-state index < -0.39 is 5.97 Å². The molecule has 0 radical (unpaired) electrons. The number of nitrogens with one attached hydrogen (secondary N) is 2. The van der Waals surface area contributed by atoms with Crippen molar-refractivity contribution < 1.29 is 19.1 Å². The smallest absolute Gasteiger partial charge is 0.357 e. The predicted octanol–water partition coefficient (Wildman–Crippen LogP) is 5.62. The summed E-state index contributed by atoms with van der Waals surface area (Å²) >= 11 is 2.95. The number of aromatic nitrogens is 2. The molecular weight excluding hydrogens is 669 g/mol. The zero-order valence-corrected chi connectivity index (χ0v) is 29.5. The zero-order valence-electron chi connectivity index (χ0n) is 27.9. The summed E-state index contributed by atoms with van der Waals surface area (Å²) in [7, 11) is 1.38. The first-order chi connectivity index (χ1) is 24.5. The Kier molecular flexibility index (Phi) is 10.7. The Labute approximate surface area is 299 Å². The summed E-state index contributed by atoms with van der Waals surface area (Å²) in [4.78, 5) is 40.9. The number of thiazole rings is 2. The second kappa shape index (κ2) is 15.8. The van der Waals surface area contributed by atoms with Gasteiger partial charge in [-0.3, -0.25) is 15.0 Å². The highest BCUT2D eigenvalue weighted by Crippen LogP contribution is 2.33. The van der Waals surface area contributed by atoms with E-state index in [4.69, 9.17) is 14.5 Å². The molecule has 1 saturated heterocycles. The predicted molar refractivity (Wildman–Crippen MR) is 199 cm³/mol. The molecule has 1 amide bonds. The Morgan fingerprint density at radius 2 is 1.82 bits per heavy atom. The third-order valence-electron chi connectivity index (χ3n) is 8.78. The number of hydrogen-bond donors (Lipinski definition) is 2. The van der Waals surface area contributed by atoms with Crippen molar-refractivity contribution in [3.63, 3.8) is 0 Å². The number of nitrogens with zero attached hydrogens (tertiary/aromatic N) is 4. The molecule has 2 N–H and O–H groups in total. The number of hydrogen-bond acceptors (Lipinski definition) is 11. The number of carbonyl (C=O) groups is 2. The minimum Gasteiger partial charge on any atom is -0.494 e. The number of para-hydroxylation sites is 1. The van der Waals surface area contributed by atoms with Crippen molar-refractivity contribution in [3.05, 3.63) is 99.6 Å². The van der Waals surface area contributed by atoms with Crippen molar-refractivity contribution in [2.24, 2.45) is 0 Å². The fourth-order valence-electron chi connectivity index (χ4n) is 6.13. The Bertz CT molecular complexity index is 2010. The van der Waals surface area contributed by atoms with Gasteiger partial charge in [0.15, 0.2) is 16.0 Å². The van der Waals surface area contributed by atoms with Crippen LogP contribution in [0.2, 0.25) is 0 Å². The van der Waals surface area contributed by atoms with Crippen LogP contribution in [0.5, 0.6) is 5.75 Å². The normalized spacial score (nSPS) is 14.5. The van der Waals surface area contributed by atoms with Crippen LogP contribution in [0.4, 0.5) is 10.3 Å².